The summed E-state index contributed by atoms with van der Waals surface area (Å²) in [6.07, 6.45) is 1.63. The molecule has 0 N–H and O–H groups in total. The number of nitrogens with zero attached hydrogens (tertiary/aromatic N) is 2. The van der Waals surface area contributed by atoms with E-state index in [1.165, 1.54) is 12.1 Å². The highest BCUT2D eigenvalue weighted by molar-refractivity contribution is 6.30. The standard InChI is InChI=1S/C9H11ClFNO.C9H12FNO/c1-3-13-5-7-4-8(11)6(2)12-9(7)10;1-3-12-6-8-4-9(10)7(2)11-5-8/h4H,3,5H2,1-2H3;4-5H,3,6H2,1-2H3. The number of aryl methyl sites for hydroxylation is 2. The predicted octanol–water partition coefficient (Wildman–Crippen LogP) is 4.78. The van der Waals surface area contributed by atoms with Crippen LogP contribution in [0, 0.1) is 25.5 Å². The fourth-order valence-electron chi connectivity index (χ4n) is 1.75. The molecule has 2 rings (SSSR count). The molecule has 25 heavy (non-hydrogen) atoms. The molecule has 0 fully saturated rings. The van der Waals surface area contributed by atoms with E-state index in [1.54, 1.807) is 20.0 Å². The van der Waals surface area contributed by atoms with Gasteiger partial charge in [-0.2, -0.15) is 0 Å². The van der Waals surface area contributed by atoms with E-state index in [0.717, 1.165) is 5.56 Å². The second kappa shape index (κ2) is 11.1. The molecule has 2 aromatic heterocycles. The third-order valence-electron chi connectivity index (χ3n) is 3.19. The Morgan fingerprint density at radius 2 is 1.56 bits per heavy atom. The van der Waals surface area contributed by atoms with Gasteiger partial charge >= 0.3 is 0 Å². The van der Waals surface area contributed by atoms with Crippen LogP contribution in [-0.4, -0.2) is 23.2 Å². The van der Waals surface area contributed by atoms with Crippen LogP contribution in [0.3, 0.4) is 0 Å². The Bertz CT molecular complexity index is 684. The van der Waals surface area contributed by atoms with Crippen molar-refractivity contribution in [1.82, 2.24) is 9.97 Å². The SMILES string of the molecule is CCOCc1cc(F)c(C)nc1Cl.CCOCc1cnc(C)c(F)c1. The van der Waals surface area contributed by atoms with Gasteiger partial charge in [0.25, 0.3) is 0 Å². The van der Waals surface area contributed by atoms with E-state index in [0.29, 0.717) is 48.5 Å². The van der Waals surface area contributed by atoms with Gasteiger partial charge in [0, 0.05) is 25.0 Å². The number of halogens is 3. The van der Waals surface area contributed by atoms with Gasteiger partial charge in [-0.05, 0) is 45.4 Å². The first kappa shape index (κ1) is 21.4. The van der Waals surface area contributed by atoms with Gasteiger partial charge in [-0.25, -0.2) is 13.8 Å². The summed E-state index contributed by atoms with van der Waals surface area (Å²) < 4.78 is 36.1. The summed E-state index contributed by atoms with van der Waals surface area (Å²) in [5.41, 5.74) is 2.10. The lowest BCUT2D eigenvalue weighted by Crippen LogP contribution is -1.98. The second-order valence-corrected chi connectivity index (χ2v) is 5.55. The number of rotatable bonds is 6. The fraction of sp³-hybridized carbons (Fsp3) is 0.444. The lowest BCUT2D eigenvalue weighted by Gasteiger charge is -2.05. The molecule has 7 heteroatoms. The van der Waals surface area contributed by atoms with Crippen molar-refractivity contribution in [3.63, 3.8) is 0 Å². The maximum absolute atomic E-state index is 13.0. The van der Waals surface area contributed by atoms with Crippen molar-refractivity contribution in [1.29, 1.82) is 0 Å². The number of ether oxygens (including phenoxy) is 2. The molecule has 0 aliphatic carbocycles. The molecule has 0 atom stereocenters. The van der Waals surface area contributed by atoms with E-state index < -0.39 is 0 Å². The molecule has 4 nitrogen and oxygen atoms in total. The lowest BCUT2D eigenvalue weighted by molar-refractivity contribution is 0.133. The van der Waals surface area contributed by atoms with Gasteiger partial charge in [0.1, 0.15) is 16.8 Å². The van der Waals surface area contributed by atoms with E-state index in [9.17, 15) is 8.78 Å². The third-order valence-corrected chi connectivity index (χ3v) is 3.52. The van der Waals surface area contributed by atoms with Crippen molar-refractivity contribution in [3.05, 3.63) is 57.6 Å². The van der Waals surface area contributed by atoms with Crippen LogP contribution in [0.1, 0.15) is 36.4 Å². The Hall–Kier alpha value is -1.63. The topological polar surface area (TPSA) is 44.2 Å². The maximum atomic E-state index is 13.0. The molecule has 2 aromatic rings. The number of hydrogen-bond acceptors (Lipinski definition) is 4. The molecule has 0 bridgehead atoms. The third kappa shape index (κ3) is 7.42. The molecular formula is C18H23ClF2N2O2. The van der Waals surface area contributed by atoms with Gasteiger partial charge in [0.15, 0.2) is 0 Å². The predicted molar refractivity (Wildman–Crippen MR) is 93.5 cm³/mol. The minimum atomic E-state index is -0.348. The summed E-state index contributed by atoms with van der Waals surface area (Å²) in [4.78, 5) is 7.71. The Morgan fingerprint density at radius 3 is 2.16 bits per heavy atom. The molecule has 0 saturated carbocycles. The maximum Gasteiger partial charge on any atom is 0.144 e. The van der Waals surface area contributed by atoms with Gasteiger partial charge in [0.2, 0.25) is 0 Å². The summed E-state index contributed by atoms with van der Waals surface area (Å²) >= 11 is 5.78. The van der Waals surface area contributed by atoms with Crippen LogP contribution in [0.4, 0.5) is 8.78 Å². The average molecular weight is 373 g/mol. The quantitative estimate of drug-likeness (QED) is 0.684. The van der Waals surface area contributed by atoms with Crippen LogP contribution in [-0.2, 0) is 22.7 Å². The highest BCUT2D eigenvalue weighted by Crippen LogP contribution is 2.17. The molecule has 0 unspecified atom stereocenters. The molecule has 138 valence electrons. The molecule has 0 amide bonds. The van der Waals surface area contributed by atoms with E-state index in [2.05, 4.69) is 9.97 Å². The number of aromatic nitrogens is 2. The van der Waals surface area contributed by atoms with Gasteiger partial charge in [-0.1, -0.05) is 11.6 Å². The minimum absolute atomic E-state index is 0.271. The summed E-state index contributed by atoms with van der Waals surface area (Å²) in [5, 5.41) is 0.312. The minimum Gasteiger partial charge on any atom is -0.377 e. The first-order valence-corrected chi connectivity index (χ1v) is 8.34. The molecule has 2 heterocycles. The van der Waals surface area contributed by atoms with Crippen molar-refractivity contribution in [2.45, 2.75) is 40.9 Å². The van der Waals surface area contributed by atoms with Crippen molar-refractivity contribution in [2.24, 2.45) is 0 Å². The van der Waals surface area contributed by atoms with Crippen LogP contribution in [0.2, 0.25) is 5.15 Å². The highest BCUT2D eigenvalue weighted by Gasteiger charge is 2.06. The summed E-state index contributed by atoms with van der Waals surface area (Å²) in [5.74, 6) is -0.619. The highest BCUT2D eigenvalue weighted by atomic mass is 35.5. The zero-order valence-electron chi connectivity index (χ0n) is 14.9. The van der Waals surface area contributed by atoms with Gasteiger partial charge < -0.3 is 9.47 Å². The molecule has 0 radical (unpaired) electrons. The largest absolute Gasteiger partial charge is 0.377 e. The smallest absolute Gasteiger partial charge is 0.144 e. The van der Waals surface area contributed by atoms with E-state index >= 15 is 0 Å². The summed E-state index contributed by atoms with van der Waals surface area (Å²) in [6.45, 7) is 8.93. The lowest BCUT2D eigenvalue weighted by atomic mass is 10.2. The summed E-state index contributed by atoms with van der Waals surface area (Å²) in [6, 6.07) is 2.82. The average Bonchev–Trinajstić information content (AvgIpc) is 2.58. The van der Waals surface area contributed by atoms with Crippen molar-refractivity contribution in [3.8, 4) is 0 Å². The monoisotopic (exact) mass is 372 g/mol. The number of pyridine rings is 2. The van der Waals surface area contributed by atoms with E-state index in [-0.39, 0.29) is 11.6 Å². The Balaban J connectivity index is 0.000000251. The molecule has 0 aliphatic heterocycles. The van der Waals surface area contributed by atoms with Crippen LogP contribution < -0.4 is 0 Å². The van der Waals surface area contributed by atoms with Crippen molar-refractivity contribution < 1.29 is 18.3 Å². The van der Waals surface area contributed by atoms with Crippen molar-refractivity contribution >= 4 is 11.6 Å². The van der Waals surface area contributed by atoms with Crippen LogP contribution in [0.15, 0.2) is 18.3 Å². The van der Waals surface area contributed by atoms with E-state index in [4.69, 9.17) is 21.1 Å². The zero-order valence-corrected chi connectivity index (χ0v) is 15.7. The molecule has 0 spiro atoms. The van der Waals surface area contributed by atoms with Gasteiger partial charge in [-0.3, -0.25) is 4.98 Å². The zero-order chi connectivity index (χ0) is 18.8. The fourth-order valence-corrected chi connectivity index (χ4v) is 1.98. The Morgan fingerprint density at radius 1 is 0.960 bits per heavy atom. The van der Waals surface area contributed by atoms with Crippen molar-refractivity contribution in [2.75, 3.05) is 13.2 Å². The molecule has 0 aliphatic rings. The van der Waals surface area contributed by atoms with E-state index in [1.807, 2.05) is 13.8 Å². The van der Waals surface area contributed by atoms with Crippen LogP contribution >= 0.6 is 11.6 Å². The Kier molecular flexibility index (Phi) is 9.49. The number of hydrogen-bond donors (Lipinski definition) is 0. The first-order valence-electron chi connectivity index (χ1n) is 7.97. The van der Waals surface area contributed by atoms with Gasteiger partial charge in [0.05, 0.1) is 24.6 Å². The molecule has 0 aromatic carbocycles. The Labute approximate surface area is 152 Å². The van der Waals surface area contributed by atoms with Gasteiger partial charge in [-0.15, -0.1) is 0 Å². The van der Waals surface area contributed by atoms with Crippen LogP contribution in [0.25, 0.3) is 0 Å². The first-order chi connectivity index (χ1) is 11.9. The van der Waals surface area contributed by atoms with Crippen LogP contribution in [0.5, 0.6) is 0 Å². The summed E-state index contributed by atoms with van der Waals surface area (Å²) in [7, 11) is 0. The molecule has 0 saturated heterocycles. The molecular weight excluding hydrogens is 350 g/mol. The normalized spacial score (nSPS) is 10.4. The second-order valence-electron chi connectivity index (χ2n) is 5.19.